The highest BCUT2D eigenvalue weighted by atomic mass is 35.5. The van der Waals surface area contributed by atoms with Crippen molar-refractivity contribution in [1.29, 1.82) is 0 Å². The molecular weight excluding hydrogens is 670 g/mol. The van der Waals surface area contributed by atoms with Crippen LogP contribution in [0.1, 0.15) is 13.8 Å². The highest BCUT2D eigenvalue weighted by molar-refractivity contribution is 7.92. The first-order valence-corrected chi connectivity index (χ1v) is 16.4. The number of aliphatic hydroxyl groups excluding tert-OH is 1. The van der Waals surface area contributed by atoms with Crippen LogP contribution in [0.5, 0.6) is 0 Å². The monoisotopic (exact) mass is 695 g/mol. The van der Waals surface area contributed by atoms with E-state index in [2.05, 4.69) is 34.4 Å². The third kappa shape index (κ3) is 8.58. The van der Waals surface area contributed by atoms with Crippen LogP contribution in [0.2, 0.25) is 10.0 Å². The minimum atomic E-state index is -4.27. The van der Waals surface area contributed by atoms with Gasteiger partial charge in [-0.2, -0.15) is 4.98 Å². The molecular formula is C28H26Cl2FN6O6S2-. The summed E-state index contributed by atoms with van der Waals surface area (Å²) in [5.74, 6) is -0.497. The first kappa shape index (κ1) is 33.9. The number of hydrogen-bond donors (Lipinski definition) is 4. The van der Waals surface area contributed by atoms with Gasteiger partial charge in [-0.3, -0.25) is 9.08 Å². The minimum absolute atomic E-state index is 0.0286. The number of ether oxygens (including phenoxy) is 1. The van der Waals surface area contributed by atoms with E-state index >= 15 is 4.39 Å². The Kier molecular flexibility index (Phi) is 11.2. The molecule has 45 heavy (non-hydrogen) atoms. The zero-order valence-electron chi connectivity index (χ0n) is 23.6. The highest BCUT2D eigenvalue weighted by Gasteiger charge is 2.22. The van der Waals surface area contributed by atoms with E-state index in [1.165, 1.54) is 48.7 Å². The fraction of sp³-hybridized carbons (Fsp3) is 0.179. The predicted octanol–water partition coefficient (Wildman–Crippen LogP) is 6.59. The van der Waals surface area contributed by atoms with Crippen molar-refractivity contribution in [2.24, 2.45) is 4.36 Å². The van der Waals surface area contributed by atoms with Crippen molar-refractivity contribution < 1.29 is 31.7 Å². The minimum Gasteiger partial charge on any atom is -0.450 e. The maximum Gasteiger partial charge on any atom is 0.410 e. The van der Waals surface area contributed by atoms with Crippen molar-refractivity contribution in [3.05, 3.63) is 82.7 Å². The van der Waals surface area contributed by atoms with Gasteiger partial charge in [0.15, 0.2) is 0 Å². The van der Waals surface area contributed by atoms with Gasteiger partial charge in [0.2, 0.25) is 5.95 Å². The van der Waals surface area contributed by atoms with E-state index in [0.29, 0.717) is 16.8 Å². The van der Waals surface area contributed by atoms with Gasteiger partial charge in [0, 0.05) is 23.5 Å². The lowest BCUT2D eigenvalue weighted by Crippen LogP contribution is -2.21. The second kappa shape index (κ2) is 14.8. The summed E-state index contributed by atoms with van der Waals surface area (Å²) in [6.45, 7) is 3.19. The molecule has 3 aromatic carbocycles. The smallest absolute Gasteiger partial charge is 0.410 e. The summed E-state index contributed by atoms with van der Waals surface area (Å²) >= 11 is 12.0. The van der Waals surface area contributed by atoms with Gasteiger partial charge in [0.1, 0.15) is 16.5 Å². The normalized spacial score (nSPS) is 12.8. The summed E-state index contributed by atoms with van der Waals surface area (Å²) < 4.78 is 63.5. The first-order valence-electron chi connectivity index (χ1n) is 13.1. The molecule has 0 saturated heterocycles. The lowest BCUT2D eigenvalue weighted by Gasteiger charge is -2.17. The second-order valence-corrected chi connectivity index (χ2v) is 12.8. The number of rotatable bonds is 11. The van der Waals surface area contributed by atoms with E-state index in [4.69, 9.17) is 23.2 Å². The molecule has 0 bridgehead atoms. The van der Waals surface area contributed by atoms with Crippen LogP contribution in [0.25, 0.3) is 11.1 Å². The van der Waals surface area contributed by atoms with E-state index in [1.807, 2.05) is 0 Å². The zero-order valence-corrected chi connectivity index (χ0v) is 26.8. The first-order chi connectivity index (χ1) is 21.4. The van der Waals surface area contributed by atoms with Gasteiger partial charge in [-0.05, 0) is 55.8 Å². The fourth-order valence-corrected chi connectivity index (χ4v) is 6.25. The van der Waals surface area contributed by atoms with Gasteiger partial charge in [0.25, 0.3) is 10.0 Å². The molecule has 0 spiro atoms. The van der Waals surface area contributed by atoms with E-state index in [-0.39, 0.29) is 50.5 Å². The SMILES string of the molecule is CCOC(=O)N=[S-](=O)c1ccc(Nc2ncc(-c3ccc(NS(=O)(=O)c4cccc(Cl)c4Cl)c(F)c3)c(NC(C)CO)n2)cc1. The van der Waals surface area contributed by atoms with Crippen LogP contribution in [-0.4, -0.2) is 48.8 Å². The van der Waals surface area contributed by atoms with Crippen LogP contribution in [0.15, 0.2) is 81.0 Å². The Morgan fingerprint density at radius 1 is 1.16 bits per heavy atom. The van der Waals surface area contributed by atoms with Crippen LogP contribution in [0.4, 0.5) is 32.3 Å². The number of nitrogens with one attached hydrogen (secondary N) is 3. The number of nitrogens with zero attached hydrogens (tertiary/aromatic N) is 3. The number of hydrogen-bond acceptors (Lipinski definition) is 11. The van der Waals surface area contributed by atoms with Crippen molar-refractivity contribution >= 4 is 73.1 Å². The molecule has 1 aromatic heterocycles. The van der Waals surface area contributed by atoms with Gasteiger partial charge >= 0.3 is 6.09 Å². The molecule has 0 saturated carbocycles. The average molecular weight is 697 g/mol. The number of aliphatic hydroxyl groups is 1. The number of carbonyl (C=O) groups excluding carboxylic acids is 1. The largest absolute Gasteiger partial charge is 0.450 e. The van der Waals surface area contributed by atoms with Crippen LogP contribution in [-0.2, 0) is 29.6 Å². The summed E-state index contributed by atoms with van der Waals surface area (Å²) in [4.78, 5) is 20.2. The quantitative estimate of drug-likeness (QED) is 0.125. The molecule has 1 atom stereocenters. The summed E-state index contributed by atoms with van der Waals surface area (Å²) in [5.41, 5.74) is 0.862. The van der Waals surface area contributed by atoms with Gasteiger partial charge in [-0.15, -0.1) is 10.6 Å². The van der Waals surface area contributed by atoms with Gasteiger partial charge in [-0.1, -0.05) is 52.4 Å². The van der Waals surface area contributed by atoms with Gasteiger partial charge < -0.3 is 24.7 Å². The lowest BCUT2D eigenvalue weighted by atomic mass is 10.1. The predicted molar refractivity (Wildman–Crippen MR) is 170 cm³/mol. The molecule has 4 rings (SSSR count). The van der Waals surface area contributed by atoms with Crippen molar-refractivity contribution in [3.8, 4) is 11.1 Å². The van der Waals surface area contributed by atoms with Gasteiger partial charge in [-0.25, -0.2) is 22.6 Å². The molecule has 0 fully saturated rings. The molecule has 0 radical (unpaired) electrons. The van der Waals surface area contributed by atoms with Gasteiger partial charge in [0.05, 0.1) is 28.9 Å². The highest BCUT2D eigenvalue weighted by Crippen LogP contribution is 2.33. The van der Waals surface area contributed by atoms with E-state index in [9.17, 15) is 22.5 Å². The summed E-state index contributed by atoms with van der Waals surface area (Å²) in [6, 6.07) is 13.6. The molecule has 1 heterocycles. The van der Waals surface area contributed by atoms with Crippen LogP contribution in [0, 0.1) is 5.82 Å². The van der Waals surface area contributed by atoms with E-state index < -0.39 is 38.6 Å². The molecule has 0 aliphatic rings. The standard InChI is InChI=1S/C28H26Cl2FN6O6S2/c1-3-43-28(39)36-44(40)19-10-8-18(9-11-19)34-27-32-14-20(26(35-27)33-16(2)15-38)17-7-12-23(22(31)13-17)37-45(41,42)24-6-4-5-21(29)25(24)30/h4-14,16,37-38H,3,15H2,1-2H3,(H2,32,33,34,35)/q-1. The molecule has 4 aromatic rings. The summed E-state index contributed by atoms with van der Waals surface area (Å²) in [6.07, 6.45) is 0.496. The van der Waals surface area contributed by atoms with Crippen molar-refractivity contribution in [1.82, 2.24) is 9.97 Å². The van der Waals surface area contributed by atoms with E-state index in [1.54, 1.807) is 26.0 Å². The van der Waals surface area contributed by atoms with Crippen LogP contribution >= 0.6 is 23.2 Å². The Bertz CT molecular complexity index is 1910. The number of aromatic nitrogens is 2. The Labute approximate surface area is 270 Å². The number of sulfonamides is 1. The maximum absolute atomic E-state index is 15.2. The topological polar surface area (TPSA) is 172 Å². The Hall–Kier alpha value is -4.02. The van der Waals surface area contributed by atoms with E-state index in [0.717, 1.165) is 6.07 Å². The molecule has 0 aliphatic heterocycles. The Morgan fingerprint density at radius 3 is 2.56 bits per heavy atom. The number of benzene rings is 3. The molecule has 4 N–H and O–H groups in total. The number of halogens is 3. The second-order valence-electron chi connectivity index (χ2n) is 9.22. The fourth-order valence-electron chi connectivity index (χ4n) is 3.75. The number of anilines is 4. The molecule has 238 valence electrons. The van der Waals surface area contributed by atoms with Crippen LogP contribution < -0.4 is 15.4 Å². The number of carbonyl (C=O) groups is 1. The average Bonchev–Trinajstić information content (AvgIpc) is 3.00. The molecule has 1 amide bonds. The van der Waals surface area contributed by atoms with Crippen molar-refractivity contribution in [2.45, 2.75) is 29.7 Å². The third-order valence-electron chi connectivity index (χ3n) is 5.91. The molecule has 0 aliphatic carbocycles. The zero-order chi connectivity index (χ0) is 32.7. The maximum atomic E-state index is 15.2. The molecule has 1 unspecified atom stereocenters. The van der Waals surface area contributed by atoms with Crippen LogP contribution in [0.3, 0.4) is 0 Å². The Morgan fingerprint density at radius 2 is 1.89 bits per heavy atom. The Balaban J connectivity index is 1.59. The third-order valence-corrected chi connectivity index (χ3v) is 9.24. The summed E-state index contributed by atoms with van der Waals surface area (Å²) in [5, 5.41) is 15.5. The summed E-state index contributed by atoms with van der Waals surface area (Å²) in [7, 11) is -6.22. The lowest BCUT2D eigenvalue weighted by molar-refractivity contribution is 0.164. The molecule has 17 heteroatoms. The van der Waals surface area contributed by atoms with Crippen molar-refractivity contribution in [3.63, 3.8) is 0 Å². The van der Waals surface area contributed by atoms with Crippen molar-refractivity contribution in [2.75, 3.05) is 28.6 Å². The number of amides is 1. The molecule has 12 nitrogen and oxygen atoms in total.